The Bertz CT molecular complexity index is 543. The molecule has 0 saturated heterocycles. The fourth-order valence-electron chi connectivity index (χ4n) is 1.24. The van der Waals surface area contributed by atoms with Gasteiger partial charge in [-0.1, -0.05) is 11.6 Å². The van der Waals surface area contributed by atoms with E-state index in [1.807, 2.05) is 6.92 Å². The van der Waals surface area contributed by atoms with Crippen molar-refractivity contribution in [2.24, 2.45) is 0 Å². The highest BCUT2D eigenvalue weighted by Crippen LogP contribution is 2.28. The van der Waals surface area contributed by atoms with E-state index in [0.29, 0.717) is 15.7 Å². The lowest BCUT2D eigenvalue weighted by atomic mass is 10.2. The molecule has 0 aliphatic heterocycles. The summed E-state index contributed by atoms with van der Waals surface area (Å²) in [5.41, 5.74) is 1.55. The van der Waals surface area contributed by atoms with Crippen LogP contribution in [0.5, 0.6) is 0 Å². The standard InChI is InChI=1S/C12H9ClN2OS/c1-8-5-14-12(15-6-8)17-11-3-2-10(13)4-9(11)7-16/h2-7H,1H3. The third kappa shape index (κ3) is 3.05. The number of aryl methyl sites for hydroxylation is 1. The number of hydrogen-bond acceptors (Lipinski definition) is 4. The van der Waals surface area contributed by atoms with Crippen LogP contribution in [0.1, 0.15) is 15.9 Å². The van der Waals surface area contributed by atoms with E-state index in [1.165, 1.54) is 11.8 Å². The maximum atomic E-state index is 10.9. The fraction of sp³-hybridized carbons (Fsp3) is 0.0833. The largest absolute Gasteiger partial charge is 0.298 e. The highest BCUT2D eigenvalue weighted by atomic mass is 35.5. The van der Waals surface area contributed by atoms with Gasteiger partial charge in [0, 0.05) is 27.9 Å². The Kier molecular flexibility index (Phi) is 3.76. The Morgan fingerprint density at radius 3 is 2.65 bits per heavy atom. The summed E-state index contributed by atoms with van der Waals surface area (Å²) >= 11 is 7.16. The second-order valence-corrected chi connectivity index (χ2v) is 4.89. The van der Waals surface area contributed by atoms with Gasteiger partial charge in [-0.3, -0.25) is 4.79 Å². The Morgan fingerprint density at radius 1 is 1.29 bits per heavy atom. The molecule has 17 heavy (non-hydrogen) atoms. The molecule has 2 rings (SSSR count). The number of aromatic nitrogens is 2. The van der Waals surface area contributed by atoms with E-state index in [1.54, 1.807) is 30.6 Å². The van der Waals surface area contributed by atoms with Gasteiger partial charge in [0.25, 0.3) is 0 Å². The molecule has 86 valence electrons. The average molecular weight is 265 g/mol. The smallest absolute Gasteiger partial charge is 0.192 e. The van der Waals surface area contributed by atoms with Crippen LogP contribution in [0, 0.1) is 6.92 Å². The molecule has 0 spiro atoms. The molecule has 0 N–H and O–H groups in total. The molecule has 1 aromatic carbocycles. The van der Waals surface area contributed by atoms with Crippen molar-refractivity contribution < 1.29 is 4.79 Å². The molecule has 0 amide bonds. The molecule has 1 aromatic heterocycles. The van der Waals surface area contributed by atoms with Crippen LogP contribution in [-0.2, 0) is 0 Å². The molecule has 5 heteroatoms. The van der Waals surface area contributed by atoms with Crippen molar-refractivity contribution in [2.45, 2.75) is 17.0 Å². The van der Waals surface area contributed by atoms with E-state index in [0.717, 1.165) is 16.7 Å². The van der Waals surface area contributed by atoms with E-state index in [-0.39, 0.29) is 0 Å². The summed E-state index contributed by atoms with van der Waals surface area (Å²) in [7, 11) is 0. The van der Waals surface area contributed by atoms with Crippen LogP contribution in [-0.4, -0.2) is 16.3 Å². The lowest BCUT2D eigenvalue weighted by Crippen LogP contribution is -1.89. The summed E-state index contributed by atoms with van der Waals surface area (Å²) in [5, 5.41) is 1.15. The SMILES string of the molecule is Cc1cnc(Sc2ccc(Cl)cc2C=O)nc1. The van der Waals surface area contributed by atoms with Crippen molar-refractivity contribution in [3.05, 3.63) is 46.7 Å². The van der Waals surface area contributed by atoms with E-state index < -0.39 is 0 Å². The lowest BCUT2D eigenvalue weighted by molar-refractivity contribution is 0.112. The van der Waals surface area contributed by atoms with Gasteiger partial charge >= 0.3 is 0 Å². The van der Waals surface area contributed by atoms with E-state index in [9.17, 15) is 4.79 Å². The molecule has 0 aliphatic carbocycles. The number of aldehydes is 1. The van der Waals surface area contributed by atoms with Crippen LogP contribution in [0.25, 0.3) is 0 Å². The van der Waals surface area contributed by atoms with Crippen molar-refractivity contribution in [1.29, 1.82) is 0 Å². The first kappa shape index (κ1) is 12.1. The van der Waals surface area contributed by atoms with Gasteiger partial charge < -0.3 is 0 Å². The molecule has 0 atom stereocenters. The second kappa shape index (κ2) is 5.29. The zero-order valence-electron chi connectivity index (χ0n) is 9.05. The van der Waals surface area contributed by atoms with Gasteiger partial charge in [0.1, 0.15) is 0 Å². The van der Waals surface area contributed by atoms with Gasteiger partial charge in [-0.2, -0.15) is 0 Å². The van der Waals surface area contributed by atoms with Gasteiger partial charge in [0.2, 0.25) is 0 Å². The van der Waals surface area contributed by atoms with Crippen molar-refractivity contribution in [3.63, 3.8) is 0 Å². The van der Waals surface area contributed by atoms with Crippen molar-refractivity contribution in [2.75, 3.05) is 0 Å². The van der Waals surface area contributed by atoms with E-state index in [2.05, 4.69) is 9.97 Å². The third-order valence-corrected chi connectivity index (χ3v) is 3.28. The number of hydrogen-bond donors (Lipinski definition) is 0. The number of rotatable bonds is 3. The zero-order chi connectivity index (χ0) is 12.3. The third-order valence-electron chi connectivity index (χ3n) is 2.06. The molecule has 0 saturated carbocycles. The van der Waals surface area contributed by atoms with Crippen LogP contribution in [0.15, 0.2) is 40.6 Å². The number of carbonyl (C=O) groups excluding carboxylic acids is 1. The highest BCUT2D eigenvalue weighted by Gasteiger charge is 2.06. The molecule has 3 nitrogen and oxygen atoms in total. The molecule has 1 heterocycles. The van der Waals surface area contributed by atoms with Crippen molar-refractivity contribution in [3.8, 4) is 0 Å². The van der Waals surface area contributed by atoms with Crippen LogP contribution in [0.3, 0.4) is 0 Å². The molecule has 0 bridgehead atoms. The minimum atomic E-state index is 0.543. The van der Waals surface area contributed by atoms with Gasteiger partial charge in [0.05, 0.1) is 0 Å². The normalized spacial score (nSPS) is 10.2. The Labute approximate surface area is 108 Å². The number of halogens is 1. The minimum Gasteiger partial charge on any atom is -0.298 e. The number of benzene rings is 1. The minimum absolute atomic E-state index is 0.543. The van der Waals surface area contributed by atoms with E-state index >= 15 is 0 Å². The van der Waals surface area contributed by atoms with Crippen molar-refractivity contribution in [1.82, 2.24) is 9.97 Å². The summed E-state index contributed by atoms with van der Waals surface area (Å²) in [6, 6.07) is 5.16. The maximum Gasteiger partial charge on any atom is 0.192 e. The summed E-state index contributed by atoms with van der Waals surface area (Å²) in [5.74, 6) is 0. The first-order valence-corrected chi connectivity index (χ1v) is 6.10. The van der Waals surface area contributed by atoms with Crippen molar-refractivity contribution >= 4 is 29.6 Å². The fourth-order valence-corrected chi connectivity index (χ4v) is 2.19. The van der Waals surface area contributed by atoms with Crippen LogP contribution in [0.2, 0.25) is 5.02 Å². The molecular weight excluding hydrogens is 256 g/mol. The predicted molar refractivity (Wildman–Crippen MR) is 67.7 cm³/mol. The summed E-state index contributed by atoms with van der Waals surface area (Å²) < 4.78 is 0. The van der Waals surface area contributed by atoms with Gasteiger partial charge in [-0.15, -0.1) is 0 Å². The van der Waals surface area contributed by atoms with Crippen LogP contribution < -0.4 is 0 Å². The summed E-state index contributed by atoms with van der Waals surface area (Å²) in [6.07, 6.45) is 4.26. The topological polar surface area (TPSA) is 42.9 Å². The zero-order valence-corrected chi connectivity index (χ0v) is 10.6. The van der Waals surface area contributed by atoms with Gasteiger partial charge in [-0.05, 0) is 42.4 Å². The predicted octanol–water partition coefficient (Wildman–Crippen LogP) is 3.40. The first-order chi connectivity index (χ1) is 8.19. The van der Waals surface area contributed by atoms with Crippen LogP contribution in [0.4, 0.5) is 0 Å². The number of carbonyl (C=O) groups is 1. The van der Waals surface area contributed by atoms with Gasteiger partial charge in [0.15, 0.2) is 11.4 Å². The van der Waals surface area contributed by atoms with Gasteiger partial charge in [-0.25, -0.2) is 9.97 Å². The Balaban J connectivity index is 2.29. The monoisotopic (exact) mass is 264 g/mol. The molecule has 0 radical (unpaired) electrons. The summed E-state index contributed by atoms with van der Waals surface area (Å²) in [6.45, 7) is 1.92. The van der Waals surface area contributed by atoms with E-state index in [4.69, 9.17) is 11.6 Å². The molecular formula is C12H9ClN2OS. The highest BCUT2D eigenvalue weighted by molar-refractivity contribution is 7.99. The average Bonchev–Trinajstić information content (AvgIpc) is 2.34. The lowest BCUT2D eigenvalue weighted by Gasteiger charge is -2.03. The summed E-state index contributed by atoms with van der Waals surface area (Å²) in [4.78, 5) is 20.1. The Hall–Kier alpha value is -1.39. The molecule has 0 unspecified atom stereocenters. The van der Waals surface area contributed by atoms with Crippen LogP contribution >= 0.6 is 23.4 Å². The second-order valence-electron chi connectivity index (χ2n) is 3.45. The molecule has 2 aromatic rings. The first-order valence-electron chi connectivity index (χ1n) is 4.90. The number of nitrogens with zero attached hydrogens (tertiary/aromatic N) is 2. The quantitative estimate of drug-likeness (QED) is 0.629. The molecule has 0 aliphatic rings. The Morgan fingerprint density at radius 2 is 2.00 bits per heavy atom. The molecule has 0 fully saturated rings. The maximum absolute atomic E-state index is 10.9.